The highest BCUT2D eigenvalue weighted by atomic mass is 32.2. The zero-order valence-corrected chi connectivity index (χ0v) is 19.6. The van der Waals surface area contributed by atoms with Gasteiger partial charge < -0.3 is 14.4 Å². The van der Waals surface area contributed by atoms with Gasteiger partial charge in [-0.25, -0.2) is 4.79 Å². The molecule has 0 aliphatic heterocycles. The monoisotopic (exact) mass is 484 g/mol. The average Bonchev–Trinajstić information content (AvgIpc) is 2.68. The summed E-state index contributed by atoms with van der Waals surface area (Å²) >= 11 is 1.20. The van der Waals surface area contributed by atoms with Crippen molar-refractivity contribution in [2.45, 2.75) is 39.9 Å². The number of hydrogen-bond acceptors (Lipinski definition) is 5. The summed E-state index contributed by atoms with van der Waals surface area (Å²) < 4.78 is 42.8. The molecule has 2 rings (SSSR count). The summed E-state index contributed by atoms with van der Waals surface area (Å²) in [6.07, 6.45) is 3.68. The molecule has 33 heavy (non-hydrogen) atoms. The first kappa shape index (κ1) is 26.7. The van der Waals surface area contributed by atoms with Crippen LogP contribution >= 0.6 is 11.8 Å². The van der Waals surface area contributed by atoms with E-state index in [4.69, 9.17) is 5.41 Å². The Kier molecular flexibility index (Phi) is 8.53. The zero-order valence-electron chi connectivity index (χ0n) is 18.8. The molecule has 0 bridgehead atoms. The van der Waals surface area contributed by atoms with Crippen LogP contribution < -0.4 is 5.43 Å². The Morgan fingerprint density at radius 2 is 2.00 bits per heavy atom. The van der Waals surface area contributed by atoms with Crippen LogP contribution in [0, 0.1) is 10.8 Å². The van der Waals surface area contributed by atoms with Gasteiger partial charge in [0, 0.05) is 40.2 Å². The maximum Gasteiger partial charge on any atom is 0.411 e. The number of allylic oxidation sites excluding steroid dienone is 5. The van der Waals surface area contributed by atoms with Crippen LogP contribution in [0.2, 0.25) is 0 Å². The summed E-state index contributed by atoms with van der Waals surface area (Å²) in [7, 11) is 0. The molecule has 1 aromatic heterocycles. The van der Waals surface area contributed by atoms with E-state index in [9.17, 15) is 27.9 Å². The molecule has 0 aromatic carbocycles. The van der Waals surface area contributed by atoms with E-state index in [1.807, 2.05) is 27.7 Å². The molecule has 1 aromatic rings. The largest absolute Gasteiger partial charge is 0.477 e. The Hall–Kier alpha value is -2.59. The summed E-state index contributed by atoms with van der Waals surface area (Å²) in [4.78, 5) is 24.4. The molecule has 0 spiro atoms. The van der Waals surface area contributed by atoms with Crippen molar-refractivity contribution < 1.29 is 27.8 Å². The van der Waals surface area contributed by atoms with Gasteiger partial charge in [-0.15, -0.1) is 11.8 Å². The smallest absolute Gasteiger partial charge is 0.411 e. The number of carbonyl (C=O) groups is 1. The first-order valence-electron chi connectivity index (χ1n) is 10.2. The number of ether oxygens (including phenoxy) is 1. The molecule has 1 atom stereocenters. The number of hydrogen-bond donors (Lipinski definition) is 2. The van der Waals surface area contributed by atoms with Crippen LogP contribution in [0.3, 0.4) is 0 Å². The van der Waals surface area contributed by atoms with E-state index in [1.54, 1.807) is 28.9 Å². The van der Waals surface area contributed by atoms with Gasteiger partial charge in [0.25, 0.3) is 0 Å². The molecule has 0 saturated heterocycles. The SMILES string of the molecule is CC(n1cc(C(=O)O)c(=O)cc1/C=C1\C=CC=C(SCCOCC(F)(F)F)C1=N)C(C)(C)C. The zero-order chi connectivity index (χ0) is 25.0. The van der Waals surface area contributed by atoms with E-state index < -0.39 is 24.2 Å². The normalized spacial score (nSPS) is 16.8. The highest BCUT2D eigenvalue weighted by Gasteiger charge is 2.27. The van der Waals surface area contributed by atoms with E-state index >= 15 is 0 Å². The fraction of sp³-hybridized carbons (Fsp3) is 0.435. The Morgan fingerprint density at radius 1 is 1.33 bits per heavy atom. The first-order chi connectivity index (χ1) is 15.2. The summed E-state index contributed by atoms with van der Waals surface area (Å²) in [5.41, 5.74) is -0.110. The Bertz CT molecular complexity index is 1060. The number of aromatic nitrogens is 1. The van der Waals surface area contributed by atoms with E-state index in [2.05, 4.69) is 4.74 Å². The van der Waals surface area contributed by atoms with Gasteiger partial charge in [-0.05, 0) is 24.5 Å². The van der Waals surface area contributed by atoms with Crippen molar-refractivity contribution in [3.63, 3.8) is 0 Å². The molecular formula is C23H27F3N2O4S. The number of pyridine rings is 1. The van der Waals surface area contributed by atoms with Gasteiger partial charge in [0.15, 0.2) is 5.43 Å². The third-order valence-electron chi connectivity index (χ3n) is 5.12. The Morgan fingerprint density at radius 3 is 2.58 bits per heavy atom. The van der Waals surface area contributed by atoms with Crippen LogP contribution in [-0.4, -0.2) is 46.5 Å². The number of thioether (sulfide) groups is 1. The summed E-state index contributed by atoms with van der Waals surface area (Å²) in [5.74, 6) is -1.07. The molecule has 180 valence electrons. The number of nitrogens with zero attached hydrogens (tertiary/aromatic N) is 1. The number of rotatable bonds is 8. The van der Waals surface area contributed by atoms with E-state index in [1.165, 1.54) is 24.0 Å². The number of halogens is 3. The number of carboxylic acid groups (broad SMARTS) is 1. The lowest BCUT2D eigenvalue weighted by atomic mass is 9.87. The molecule has 6 nitrogen and oxygen atoms in total. The predicted octanol–water partition coefficient (Wildman–Crippen LogP) is 5.32. The standard InChI is InChI=1S/C23H27F3N2O4S/c1-14(22(2,3)4)28-12-17(21(30)31)18(29)11-16(28)10-15-6-5-7-19(20(15)27)33-9-8-32-13-23(24,25)26/h5-7,10-12,14,27H,8-9,13H2,1-4H3,(H,30,31)/b15-10+,27-20?. The maximum atomic E-state index is 12.4. The van der Waals surface area contributed by atoms with Crippen molar-refractivity contribution >= 4 is 29.5 Å². The topological polar surface area (TPSA) is 92.4 Å². The number of aromatic carboxylic acids is 1. The fourth-order valence-corrected chi connectivity index (χ4v) is 3.80. The summed E-state index contributed by atoms with van der Waals surface area (Å²) in [5, 5.41) is 17.9. The van der Waals surface area contributed by atoms with Gasteiger partial charge in [-0.1, -0.05) is 32.9 Å². The van der Waals surface area contributed by atoms with Crippen LogP contribution in [0.1, 0.15) is 49.8 Å². The van der Waals surface area contributed by atoms with E-state index in [-0.39, 0.29) is 35.1 Å². The number of carboxylic acids is 1. The third-order valence-corrected chi connectivity index (χ3v) is 6.15. The summed E-state index contributed by atoms with van der Waals surface area (Å²) in [6, 6.07) is 1.08. The second kappa shape index (κ2) is 10.6. The Labute approximate surface area is 194 Å². The average molecular weight is 485 g/mol. The van der Waals surface area contributed by atoms with Gasteiger partial charge in [0.05, 0.1) is 12.3 Å². The second-order valence-electron chi connectivity index (χ2n) is 8.61. The molecule has 0 radical (unpaired) electrons. The van der Waals surface area contributed by atoms with Crippen molar-refractivity contribution in [3.05, 3.63) is 62.5 Å². The fourth-order valence-electron chi connectivity index (χ4n) is 2.94. The molecule has 10 heteroatoms. The Balaban J connectivity index is 2.29. The van der Waals surface area contributed by atoms with Gasteiger partial charge >= 0.3 is 12.1 Å². The minimum absolute atomic E-state index is 0.114. The van der Waals surface area contributed by atoms with E-state index in [0.717, 1.165) is 0 Å². The molecular weight excluding hydrogens is 457 g/mol. The molecule has 0 fully saturated rings. The van der Waals surface area contributed by atoms with Crippen LogP contribution in [0.5, 0.6) is 0 Å². The predicted molar refractivity (Wildman–Crippen MR) is 124 cm³/mol. The summed E-state index contributed by atoms with van der Waals surface area (Å²) in [6.45, 7) is 6.47. The highest BCUT2D eigenvalue weighted by molar-refractivity contribution is 8.04. The van der Waals surface area contributed by atoms with Crippen LogP contribution in [-0.2, 0) is 4.74 Å². The van der Waals surface area contributed by atoms with E-state index in [0.29, 0.717) is 16.2 Å². The highest BCUT2D eigenvalue weighted by Crippen LogP contribution is 2.32. The lowest BCUT2D eigenvalue weighted by Crippen LogP contribution is -2.27. The number of alkyl halides is 3. The number of nitrogens with one attached hydrogen (secondary N) is 1. The van der Waals surface area contributed by atoms with Gasteiger partial charge in [0.2, 0.25) is 0 Å². The van der Waals surface area contributed by atoms with Gasteiger partial charge in [-0.2, -0.15) is 13.2 Å². The molecule has 1 aliphatic carbocycles. The minimum Gasteiger partial charge on any atom is -0.477 e. The molecule has 2 N–H and O–H groups in total. The quantitative estimate of drug-likeness (QED) is 0.487. The first-order valence-corrected chi connectivity index (χ1v) is 11.2. The van der Waals surface area contributed by atoms with Crippen molar-refractivity contribution in [1.29, 1.82) is 5.41 Å². The molecule has 0 amide bonds. The van der Waals surface area contributed by atoms with Crippen LogP contribution in [0.25, 0.3) is 6.08 Å². The van der Waals surface area contributed by atoms with Crippen LogP contribution in [0.15, 0.2) is 45.8 Å². The molecule has 1 heterocycles. The molecule has 1 aliphatic rings. The van der Waals surface area contributed by atoms with Gasteiger partial charge in [0.1, 0.15) is 12.2 Å². The minimum atomic E-state index is -4.38. The maximum absolute atomic E-state index is 12.4. The molecule has 0 saturated carbocycles. The molecule has 1 unspecified atom stereocenters. The second-order valence-corrected chi connectivity index (χ2v) is 9.75. The lowest BCUT2D eigenvalue weighted by Gasteiger charge is -2.31. The third kappa shape index (κ3) is 7.46. The van der Waals surface area contributed by atoms with Crippen molar-refractivity contribution in [3.8, 4) is 0 Å². The van der Waals surface area contributed by atoms with Crippen molar-refractivity contribution in [2.75, 3.05) is 19.0 Å². The van der Waals surface area contributed by atoms with Crippen LogP contribution in [0.4, 0.5) is 13.2 Å². The van der Waals surface area contributed by atoms with Crippen molar-refractivity contribution in [2.24, 2.45) is 5.41 Å². The van der Waals surface area contributed by atoms with Crippen molar-refractivity contribution in [1.82, 2.24) is 4.57 Å². The lowest BCUT2D eigenvalue weighted by molar-refractivity contribution is -0.172. The van der Waals surface area contributed by atoms with Gasteiger partial charge in [-0.3, -0.25) is 10.2 Å².